The third-order valence-corrected chi connectivity index (χ3v) is 4.33. The monoisotopic (exact) mass is 506 g/mol. The summed E-state index contributed by atoms with van der Waals surface area (Å²) in [5, 5.41) is 3.25. The number of hydrogen-bond donors (Lipinski definition) is 1. The van der Waals surface area contributed by atoms with E-state index < -0.39 is 18.1 Å². The molecule has 0 amide bonds. The van der Waals surface area contributed by atoms with Crippen LogP contribution in [0.5, 0.6) is 5.75 Å². The van der Waals surface area contributed by atoms with E-state index in [0.29, 0.717) is 26.7 Å². The standard InChI is InChI=1S/C17H11BrClF7N2O/c18-12-5-6-14(29-9-10-3-1-2-4-13(10)19)11(7-12)8-27-28-17(25,26)15(20,21)16(22,23)24/h1-8,28H,9H2/b27-8+. The first-order valence-corrected chi connectivity index (χ1v) is 8.80. The molecule has 0 aliphatic heterocycles. The maximum absolute atomic E-state index is 13.2. The van der Waals surface area contributed by atoms with Crippen LogP contribution in [-0.2, 0) is 6.61 Å². The second-order valence-corrected chi connectivity index (χ2v) is 6.90. The van der Waals surface area contributed by atoms with Crippen molar-refractivity contribution >= 4 is 33.7 Å². The Kier molecular flexibility index (Phi) is 7.05. The zero-order valence-corrected chi connectivity index (χ0v) is 16.4. The maximum Gasteiger partial charge on any atom is 0.462 e. The predicted octanol–water partition coefficient (Wildman–Crippen LogP) is 6.40. The molecule has 0 unspecified atom stereocenters. The predicted molar refractivity (Wildman–Crippen MR) is 96.6 cm³/mol. The molecule has 0 bridgehead atoms. The van der Waals surface area contributed by atoms with Gasteiger partial charge in [0.25, 0.3) is 0 Å². The molecular weight excluding hydrogens is 497 g/mol. The lowest BCUT2D eigenvalue weighted by molar-refractivity contribution is -0.361. The van der Waals surface area contributed by atoms with Crippen LogP contribution in [0.15, 0.2) is 52.0 Å². The molecule has 12 heteroatoms. The van der Waals surface area contributed by atoms with Crippen LogP contribution in [0.2, 0.25) is 5.02 Å². The molecule has 0 aliphatic rings. The summed E-state index contributed by atoms with van der Waals surface area (Å²) in [6.45, 7) is -0.0160. The Morgan fingerprint density at radius 1 is 1.03 bits per heavy atom. The van der Waals surface area contributed by atoms with E-state index >= 15 is 0 Å². The van der Waals surface area contributed by atoms with E-state index in [-0.39, 0.29) is 17.9 Å². The zero-order valence-electron chi connectivity index (χ0n) is 14.1. The normalized spacial score (nSPS) is 13.0. The van der Waals surface area contributed by atoms with E-state index in [4.69, 9.17) is 16.3 Å². The van der Waals surface area contributed by atoms with Gasteiger partial charge < -0.3 is 4.74 Å². The summed E-state index contributed by atoms with van der Waals surface area (Å²) in [6, 6.07) is 5.35. The lowest BCUT2D eigenvalue weighted by Gasteiger charge is -2.27. The Morgan fingerprint density at radius 3 is 2.31 bits per heavy atom. The largest absolute Gasteiger partial charge is 0.488 e. The molecule has 0 atom stereocenters. The van der Waals surface area contributed by atoms with E-state index in [9.17, 15) is 30.7 Å². The Morgan fingerprint density at radius 2 is 1.69 bits per heavy atom. The summed E-state index contributed by atoms with van der Waals surface area (Å²) in [5.74, 6) is -6.22. The van der Waals surface area contributed by atoms with E-state index in [1.165, 1.54) is 12.1 Å². The molecule has 158 valence electrons. The van der Waals surface area contributed by atoms with E-state index in [1.807, 2.05) is 0 Å². The molecule has 0 fully saturated rings. The zero-order chi connectivity index (χ0) is 21.9. The Bertz CT molecular complexity index is 890. The first-order chi connectivity index (χ1) is 13.3. The highest BCUT2D eigenvalue weighted by Gasteiger charge is 2.73. The van der Waals surface area contributed by atoms with E-state index in [2.05, 4.69) is 21.0 Å². The number of ether oxygens (including phenoxy) is 1. The molecule has 1 N–H and O–H groups in total. The van der Waals surface area contributed by atoms with Crippen LogP contribution >= 0.6 is 27.5 Å². The van der Waals surface area contributed by atoms with Gasteiger partial charge in [0, 0.05) is 20.6 Å². The van der Waals surface area contributed by atoms with Gasteiger partial charge in [0.2, 0.25) is 0 Å². The topological polar surface area (TPSA) is 33.6 Å². The van der Waals surface area contributed by atoms with Gasteiger partial charge in [-0.1, -0.05) is 45.7 Å². The van der Waals surface area contributed by atoms with Crippen molar-refractivity contribution in [3.63, 3.8) is 0 Å². The van der Waals surface area contributed by atoms with Crippen molar-refractivity contribution in [3.05, 3.63) is 63.1 Å². The van der Waals surface area contributed by atoms with E-state index in [1.54, 1.807) is 30.3 Å². The SMILES string of the molecule is FC(F)(F)C(F)(F)C(F)(F)N/N=C/c1cc(Br)ccc1OCc1ccccc1Cl. The van der Waals surface area contributed by atoms with Gasteiger partial charge in [0.1, 0.15) is 12.4 Å². The molecule has 2 aromatic carbocycles. The fraction of sp³-hybridized carbons (Fsp3) is 0.235. The first-order valence-electron chi connectivity index (χ1n) is 7.63. The van der Waals surface area contributed by atoms with Crippen molar-refractivity contribution in [2.75, 3.05) is 0 Å². The van der Waals surface area contributed by atoms with Crippen LogP contribution in [-0.4, -0.2) is 24.4 Å². The summed E-state index contributed by atoms with van der Waals surface area (Å²) in [4.78, 5) is 0. The number of halogens is 9. The van der Waals surface area contributed by atoms with Crippen LogP contribution in [0.4, 0.5) is 30.7 Å². The summed E-state index contributed by atoms with van der Waals surface area (Å²) >= 11 is 9.12. The van der Waals surface area contributed by atoms with Gasteiger partial charge >= 0.3 is 18.1 Å². The lowest BCUT2D eigenvalue weighted by Crippen LogP contribution is -2.58. The van der Waals surface area contributed by atoms with Gasteiger partial charge in [-0.2, -0.15) is 35.8 Å². The quantitative estimate of drug-likeness (QED) is 0.204. The second-order valence-electron chi connectivity index (χ2n) is 5.58. The van der Waals surface area contributed by atoms with Crippen molar-refractivity contribution in [1.82, 2.24) is 5.43 Å². The molecule has 2 rings (SSSR count). The molecule has 0 aromatic heterocycles. The molecule has 0 heterocycles. The minimum absolute atomic E-state index is 0.0160. The maximum atomic E-state index is 13.2. The van der Waals surface area contributed by atoms with Crippen molar-refractivity contribution in [3.8, 4) is 5.75 Å². The third kappa shape index (κ3) is 5.53. The molecule has 0 saturated carbocycles. The van der Waals surface area contributed by atoms with Crippen LogP contribution in [0.3, 0.4) is 0 Å². The van der Waals surface area contributed by atoms with E-state index in [0.717, 1.165) is 0 Å². The average Bonchev–Trinajstić information content (AvgIpc) is 2.61. The molecule has 0 spiro atoms. The molecule has 3 nitrogen and oxygen atoms in total. The number of nitrogens with zero attached hydrogens (tertiary/aromatic N) is 1. The van der Waals surface area contributed by atoms with Crippen LogP contribution in [0, 0.1) is 0 Å². The fourth-order valence-corrected chi connectivity index (χ4v) is 2.52. The number of hydrazone groups is 1. The summed E-state index contributed by atoms with van der Waals surface area (Å²) < 4.78 is 94.6. The molecule has 29 heavy (non-hydrogen) atoms. The second kappa shape index (κ2) is 8.78. The number of rotatable bonds is 7. The Labute approximate surface area is 173 Å². The van der Waals surface area contributed by atoms with Crippen LogP contribution in [0.25, 0.3) is 0 Å². The molecule has 0 radical (unpaired) electrons. The molecule has 0 aliphatic carbocycles. The van der Waals surface area contributed by atoms with Crippen LogP contribution < -0.4 is 10.2 Å². The summed E-state index contributed by atoms with van der Waals surface area (Å²) in [5.41, 5.74) is 1.20. The van der Waals surface area contributed by atoms with Gasteiger partial charge in [-0.15, -0.1) is 0 Å². The Balaban J connectivity index is 2.18. The van der Waals surface area contributed by atoms with Crippen LogP contribution in [0.1, 0.15) is 11.1 Å². The van der Waals surface area contributed by atoms with Gasteiger partial charge in [-0.3, -0.25) is 0 Å². The third-order valence-electron chi connectivity index (χ3n) is 3.47. The smallest absolute Gasteiger partial charge is 0.462 e. The number of benzene rings is 2. The van der Waals surface area contributed by atoms with Crippen molar-refractivity contribution in [2.45, 2.75) is 24.8 Å². The number of hydrogen-bond acceptors (Lipinski definition) is 3. The average molecular weight is 508 g/mol. The number of alkyl halides is 7. The Hall–Kier alpha value is -2.01. The minimum Gasteiger partial charge on any atom is -0.488 e. The van der Waals surface area contributed by atoms with Crippen molar-refractivity contribution < 1.29 is 35.5 Å². The highest BCUT2D eigenvalue weighted by molar-refractivity contribution is 9.10. The molecule has 2 aromatic rings. The van der Waals surface area contributed by atoms with Gasteiger partial charge in [-0.25, -0.2) is 5.43 Å². The number of nitrogens with one attached hydrogen (secondary N) is 1. The lowest BCUT2D eigenvalue weighted by atomic mass is 10.2. The fourth-order valence-electron chi connectivity index (χ4n) is 1.95. The highest BCUT2D eigenvalue weighted by atomic mass is 79.9. The van der Waals surface area contributed by atoms with Crippen molar-refractivity contribution in [1.29, 1.82) is 0 Å². The van der Waals surface area contributed by atoms with Gasteiger partial charge in [0.15, 0.2) is 0 Å². The van der Waals surface area contributed by atoms with Gasteiger partial charge in [0.05, 0.1) is 6.21 Å². The van der Waals surface area contributed by atoms with Crippen molar-refractivity contribution in [2.24, 2.45) is 5.10 Å². The molecule has 0 saturated heterocycles. The van der Waals surface area contributed by atoms with Gasteiger partial charge in [-0.05, 0) is 24.3 Å². The first kappa shape index (κ1) is 23.3. The summed E-state index contributed by atoms with van der Waals surface area (Å²) in [7, 11) is 0. The summed E-state index contributed by atoms with van der Waals surface area (Å²) in [6.07, 6.45) is -5.83. The molecular formula is C17H11BrClF7N2O. The minimum atomic E-state index is -6.46. The highest BCUT2D eigenvalue weighted by Crippen LogP contribution is 2.45.